The molecule has 0 fully saturated rings. The quantitative estimate of drug-likeness (QED) is 0.618. The van der Waals surface area contributed by atoms with Gasteiger partial charge >= 0.3 is 18.1 Å². The van der Waals surface area contributed by atoms with Gasteiger partial charge in [-0.25, -0.2) is 4.99 Å². The number of aliphatic imine (C=N–C) groups is 1. The lowest BCUT2D eigenvalue weighted by Crippen LogP contribution is -2.26. The summed E-state index contributed by atoms with van der Waals surface area (Å²) in [4.78, 5) is 25.5. The van der Waals surface area contributed by atoms with Gasteiger partial charge in [-0.2, -0.15) is 13.2 Å². The van der Waals surface area contributed by atoms with Gasteiger partial charge in [-0.3, -0.25) is 9.59 Å². The van der Waals surface area contributed by atoms with Gasteiger partial charge in [-0.15, -0.1) is 0 Å². The topological polar surface area (TPSA) is 65.0 Å². The first-order chi connectivity index (χ1) is 10.3. The number of halogens is 3. The molecule has 0 heterocycles. The van der Waals surface area contributed by atoms with Crippen LogP contribution in [0.2, 0.25) is 0 Å². The van der Waals surface area contributed by atoms with E-state index in [9.17, 15) is 22.8 Å². The van der Waals surface area contributed by atoms with E-state index in [1.54, 1.807) is 0 Å². The summed E-state index contributed by atoms with van der Waals surface area (Å²) in [5, 5.41) is 0. The van der Waals surface area contributed by atoms with E-state index in [1.807, 2.05) is 0 Å². The Morgan fingerprint density at radius 2 is 1.59 bits per heavy atom. The third-order valence-electron chi connectivity index (χ3n) is 2.64. The molecule has 0 spiro atoms. The molecule has 120 valence electrons. The molecule has 0 aliphatic rings. The normalized spacial score (nSPS) is 12.0. The molecule has 0 unspecified atom stereocenters. The average Bonchev–Trinajstić information content (AvgIpc) is 2.47. The van der Waals surface area contributed by atoms with Crippen LogP contribution < -0.4 is 0 Å². The minimum absolute atomic E-state index is 0.00871. The summed E-state index contributed by atoms with van der Waals surface area (Å²) < 4.78 is 47.1. The maximum absolute atomic E-state index is 12.8. The number of alkyl halides is 3. The van der Waals surface area contributed by atoms with Crippen LogP contribution >= 0.6 is 0 Å². The van der Waals surface area contributed by atoms with Gasteiger partial charge in [-0.1, -0.05) is 12.1 Å². The fourth-order valence-corrected chi connectivity index (χ4v) is 1.50. The van der Waals surface area contributed by atoms with E-state index in [1.165, 1.54) is 31.4 Å². The molecule has 1 rings (SSSR count). The molecule has 0 aliphatic heterocycles. The number of benzene rings is 1. The van der Waals surface area contributed by atoms with Crippen molar-refractivity contribution in [3.63, 3.8) is 0 Å². The molecular formula is C14H14F3NO4. The lowest BCUT2D eigenvalue weighted by molar-refractivity contribution is -0.140. The SMILES string of the molecule is COC(=O)CC(=Nc1ccc(CC(=O)OC)cc1)C(F)(F)F. The van der Waals surface area contributed by atoms with Crippen molar-refractivity contribution in [2.24, 2.45) is 4.99 Å². The maximum atomic E-state index is 12.8. The number of carbonyl (C=O) groups is 2. The monoisotopic (exact) mass is 317 g/mol. The van der Waals surface area contributed by atoms with Gasteiger partial charge in [-0.05, 0) is 17.7 Å². The predicted molar refractivity (Wildman–Crippen MR) is 71.9 cm³/mol. The highest BCUT2D eigenvalue weighted by molar-refractivity contribution is 6.03. The molecule has 1 aromatic carbocycles. The van der Waals surface area contributed by atoms with Crippen LogP contribution in [0.5, 0.6) is 0 Å². The van der Waals surface area contributed by atoms with E-state index < -0.39 is 30.2 Å². The molecule has 0 aliphatic carbocycles. The predicted octanol–water partition coefficient (Wildman–Crippen LogP) is 2.60. The zero-order chi connectivity index (χ0) is 16.8. The summed E-state index contributed by atoms with van der Waals surface area (Å²) in [5.74, 6) is -1.49. The second kappa shape index (κ2) is 7.58. The summed E-state index contributed by atoms with van der Waals surface area (Å²) >= 11 is 0. The van der Waals surface area contributed by atoms with Gasteiger partial charge in [0, 0.05) is 0 Å². The van der Waals surface area contributed by atoms with Crippen LogP contribution in [-0.4, -0.2) is 38.0 Å². The van der Waals surface area contributed by atoms with Gasteiger partial charge in [0.2, 0.25) is 0 Å². The first-order valence-corrected chi connectivity index (χ1v) is 6.13. The summed E-state index contributed by atoms with van der Waals surface area (Å²) in [6, 6.07) is 5.56. The summed E-state index contributed by atoms with van der Waals surface area (Å²) in [7, 11) is 2.24. The molecule has 8 heteroatoms. The molecule has 22 heavy (non-hydrogen) atoms. The van der Waals surface area contributed by atoms with Crippen molar-refractivity contribution >= 4 is 23.3 Å². The number of carbonyl (C=O) groups excluding carboxylic acids is 2. The maximum Gasteiger partial charge on any atom is 0.430 e. The van der Waals surface area contributed by atoms with E-state index in [-0.39, 0.29) is 12.1 Å². The van der Waals surface area contributed by atoms with Crippen molar-refractivity contribution in [2.75, 3.05) is 14.2 Å². The minimum Gasteiger partial charge on any atom is -0.469 e. The molecule has 0 saturated carbocycles. The smallest absolute Gasteiger partial charge is 0.430 e. The number of methoxy groups -OCH3 is 2. The number of nitrogens with zero attached hydrogens (tertiary/aromatic N) is 1. The highest BCUT2D eigenvalue weighted by Crippen LogP contribution is 2.24. The van der Waals surface area contributed by atoms with Crippen molar-refractivity contribution in [3.8, 4) is 0 Å². The first kappa shape index (κ1) is 17.7. The van der Waals surface area contributed by atoms with Crippen LogP contribution in [0.25, 0.3) is 0 Å². The molecule has 0 atom stereocenters. The van der Waals surface area contributed by atoms with Gasteiger partial charge < -0.3 is 9.47 Å². The second-order valence-electron chi connectivity index (χ2n) is 4.23. The number of hydrogen-bond donors (Lipinski definition) is 0. The highest BCUT2D eigenvalue weighted by atomic mass is 19.4. The lowest BCUT2D eigenvalue weighted by atomic mass is 10.1. The van der Waals surface area contributed by atoms with Crippen molar-refractivity contribution in [1.82, 2.24) is 0 Å². The van der Waals surface area contributed by atoms with Crippen LogP contribution in [0.3, 0.4) is 0 Å². The lowest BCUT2D eigenvalue weighted by Gasteiger charge is -2.09. The Balaban J connectivity index is 2.96. The summed E-state index contributed by atoms with van der Waals surface area (Å²) in [5.41, 5.74) is -0.655. The highest BCUT2D eigenvalue weighted by Gasteiger charge is 2.37. The summed E-state index contributed by atoms with van der Waals surface area (Å²) in [6.07, 6.45) is -5.70. The number of rotatable bonds is 5. The van der Waals surface area contributed by atoms with E-state index >= 15 is 0 Å². The molecule has 0 radical (unpaired) electrons. The van der Waals surface area contributed by atoms with Crippen LogP contribution in [0.4, 0.5) is 18.9 Å². The minimum atomic E-state index is -4.74. The van der Waals surface area contributed by atoms with Crippen LogP contribution in [0.15, 0.2) is 29.3 Å². The Morgan fingerprint density at radius 1 is 1.05 bits per heavy atom. The fraction of sp³-hybridized carbons (Fsp3) is 0.357. The van der Waals surface area contributed by atoms with Crippen molar-refractivity contribution in [1.29, 1.82) is 0 Å². The second-order valence-corrected chi connectivity index (χ2v) is 4.23. The van der Waals surface area contributed by atoms with Gasteiger partial charge in [0.25, 0.3) is 0 Å². The number of esters is 2. The fourth-order valence-electron chi connectivity index (χ4n) is 1.50. The standard InChI is InChI=1S/C14H14F3NO4/c1-21-12(19)7-9-3-5-10(6-4-9)18-11(14(15,16)17)8-13(20)22-2/h3-6H,7-8H2,1-2H3. The van der Waals surface area contributed by atoms with Crippen molar-refractivity contribution in [2.45, 2.75) is 19.0 Å². The number of hydrogen-bond acceptors (Lipinski definition) is 5. The van der Waals surface area contributed by atoms with Gasteiger partial charge in [0.15, 0.2) is 0 Å². The molecule has 5 nitrogen and oxygen atoms in total. The molecule has 0 aromatic heterocycles. The first-order valence-electron chi connectivity index (χ1n) is 6.13. The van der Waals surface area contributed by atoms with E-state index in [0.717, 1.165) is 7.11 Å². The Labute approximate surface area is 124 Å². The Kier molecular flexibility index (Phi) is 6.09. The molecule has 0 N–H and O–H groups in total. The molecular weight excluding hydrogens is 303 g/mol. The third kappa shape index (κ3) is 5.55. The van der Waals surface area contributed by atoms with E-state index in [4.69, 9.17) is 0 Å². The largest absolute Gasteiger partial charge is 0.469 e. The van der Waals surface area contributed by atoms with Crippen molar-refractivity contribution in [3.05, 3.63) is 29.8 Å². The van der Waals surface area contributed by atoms with Gasteiger partial charge in [0.05, 0.1) is 32.7 Å². The zero-order valence-corrected chi connectivity index (χ0v) is 11.9. The van der Waals surface area contributed by atoms with Crippen LogP contribution in [0, 0.1) is 0 Å². The van der Waals surface area contributed by atoms with Crippen LogP contribution in [0.1, 0.15) is 12.0 Å². The summed E-state index contributed by atoms with van der Waals surface area (Å²) in [6.45, 7) is 0. The number of ether oxygens (including phenoxy) is 2. The van der Waals surface area contributed by atoms with Gasteiger partial charge in [0.1, 0.15) is 5.71 Å². The van der Waals surface area contributed by atoms with E-state index in [0.29, 0.717) is 5.56 Å². The molecule has 0 amide bonds. The Bertz CT molecular complexity index is 564. The van der Waals surface area contributed by atoms with Crippen LogP contribution in [-0.2, 0) is 25.5 Å². The Morgan fingerprint density at radius 3 is 2.05 bits per heavy atom. The molecule has 0 saturated heterocycles. The van der Waals surface area contributed by atoms with E-state index in [2.05, 4.69) is 14.5 Å². The Hall–Kier alpha value is -2.38. The molecule has 0 bridgehead atoms. The van der Waals surface area contributed by atoms with Crippen molar-refractivity contribution < 1.29 is 32.2 Å². The zero-order valence-electron chi connectivity index (χ0n) is 11.9. The average molecular weight is 317 g/mol. The third-order valence-corrected chi connectivity index (χ3v) is 2.64. The molecule has 1 aromatic rings.